The molecule has 0 fully saturated rings. The molecule has 0 aromatic heterocycles. The Labute approximate surface area is 180 Å². The van der Waals surface area contributed by atoms with Gasteiger partial charge in [-0.1, -0.05) is 48.0 Å². The van der Waals surface area contributed by atoms with Gasteiger partial charge in [-0.25, -0.2) is 8.42 Å². The summed E-state index contributed by atoms with van der Waals surface area (Å²) in [5.74, 6) is -0.198. The third kappa shape index (κ3) is 4.99. The molecule has 0 aliphatic heterocycles. The lowest BCUT2D eigenvalue weighted by Crippen LogP contribution is -2.43. The first-order chi connectivity index (χ1) is 14.3. The first-order valence-electron chi connectivity index (χ1n) is 9.06. The lowest BCUT2D eigenvalue weighted by molar-refractivity contribution is -0.141. The maximum atomic E-state index is 12.9. The second-order valence-electron chi connectivity index (χ2n) is 6.56. The van der Waals surface area contributed by atoms with Crippen LogP contribution in [0.1, 0.15) is 5.56 Å². The van der Waals surface area contributed by atoms with E-state index in [2.05, 4.69) is 0 Å². The standard InChI is InChI=1S/C22H20ClNO5S/c1-24(30(27,28)19-13-11-17(23)12-14-19)20(22(25)26)15-16-7-5-6-10-21(16)29-18-8-3-2-4-9-18/h2-14,20H,15H2,1H3,(H,25,26). The highest BCUT2D eigenvalue weighted by Gasteiger charge is 2.33. The van der Waals surface area contributed by atoms with Crippen molar-refractivity contribution in [3.63, 3.8) is 0 Å². The van der Waals surface area contributed by atoms with Crippen LogP contribution in [0.15, 0.2) is 83.8 Å². The van der Waals surface area contributed by atoms with E-state index in [-0.39, 0.29) is 11.3 Å². The Kier molecular flexibility index (Phi) is 6.77. The van der Waals surface area contributed by atoms with Crippen LogP contribution in [-0.4, -0.2) is 36.9 Å². The molecule has 3 aromatic rings. The summed E-state index contributed by atoms with van der Waals surface area (Å²) in [6.45, 7) is 0. The van der Waals surface area contributed by atoms with E-state index in [0.717, 1.165) is 4.31 Å². The number of ether oxygens (including phenoxy) is 1. The minimum Gasteiger partial charge on any atom is -0.480 e. The van der Waals surface area contributed by atoms with E-state index >= 15 is 0 Å². The van der Waals surface area contributed by atoms with Crippen molar-refractivity contribution in [1.82, 2.24) is 4.31 Å². The molecule has 0 bridgehead atoms. The molecule has 1 atom stereocenters. The van der Waals surface area contributed by atoms with E-state index in [1.807, 2.05) is 18.2 Å². The molecule has 0 spiro atoms. The summed E-state index contributed by atoms with van der Waals surface area (Å²) in [5.41, 5.74) is 0.576. The number of rotatable bonds is 8. The topological polar surface area (TPSA) is 83.9 Å². The molecule has 1 N–H and O–H groups in total. The van der Waals surface area contributed by atoms with Gasteiger partial charge in [0, 0.05) is 18.5 Å². The summed E-state index contributed by atoms with van der Waals surface area (Å²) in [6, 6.07) is 20.3. The van der Waals surface area contributed by atoms with E-state index in [9.17, 15) is 18.3 Å². The summed E-state index contributed by atoms with van der Waals surface area (Å²) >= 11 is 5.83. The minimum absolute atomic E-state index is 0.0329. The average Bonchev–Trinajstić information content (AvgIpc) is 2.73. The Morgan fingerprint density at radius 2 is 1.60 bits per heavy atom. The van der Waals surface area contributed by atoms with Gasteiger partial charge in [-0.15, -0.1) is 0 Å². The Hall–Kier alpha value is -2.87. The number of aliphatic carboxylic acids is 1. The van der Waals surface area contributed by atoms with Crippen LogP contribution in [0.5, 0.6) is 11.5 Å². The number of sulfonamides is 1. The number of halogens is 1. The zero-order chi connectivity index (χ0) is 21.7. The highest BCUT2D eigenvalue weighted by molar-refractivity contribution is 7.89. The van der Waals surface area contributed by atoms with Gasteiger partial charge in [-0.3, -0.25) is 4.79 Å². The number of hydrogen-bond donors (Lipinski definition) is 1. The van der Waals surface area contributed by atoms with Crippen molar-refractivity contribution in [3.05, 3.63) is 89.4 Å². The van der Waals surface area contributed by atoms with Gasteiger partial charge in [0.15, 0.2) is 0 Å². The number of likely N-dealkylation sites (N-methyl/N-ethyl adjacent to an activating group) is 1. The fraction of sp³-hybridized carbons (Fsp3) is 0.136. The van der Waals surface area contributed by atoms with Gasteiger partial charge < -0.3 is 9.84 Å². The summed E-state index contributed by atoms with van der Waals surface area (Å²) in [7, 11) is -2.79. The van der Waals surface area contributed by atoms with Crippen LogP contribution in [0.3, 0.4) is 0 Å². The highest BCUT2D eigenvalue weighted by Crippen LogP contribution is 2.28. The summed E-state index contributed by atoms with van der Waals surface area (Å²) < 4.78 is 32.6. The van der Waals surface area contributed by atoms with Crippen LogP contribution in [-0.2, 0) is 21.2 Å². The molecular weight excluding hydrogens is 426 g/mol. The van der Waals surface area contributed by atoms with Crippen molar-refractivity contribution in [3.8, 4) is 11.5 Å². The van der Waals surface area contributed by atoms with E-state index in [0.29, 0.717) is 22.1 Å². The van der Waals surface area contributed by atoms with Crippen LogP contribution in [0.2, 0.25) is 5.02 Å². The molecule has 0 radical (unpaired) electrons. The molecule has 8 heteroatoms. The molecule has 3 aromatic carbocycles. The van der Waals surface area contributed by atoms with Gasteiger partial charge in [0.05, 0.1) is 4.90 Å². The van der Waals surface area contributed by atoms with Crippen molar-refractivity contribution >= 4 is 27.6 Å². The quantitative estimate of drug-likeness (QED) is 0.553. The van der Waals surface area contributed by atoms with E-state index in [1.54, 1.807) is 36.4 Å². The Bertz CT molecular complexity index is 1120. The lowest BCUT2D eigenvalue weighted by atomic mass is 10.1. The van der Waals surface area contributed by atoms with E-state index in [1.165, 1.54) is 31.3 Å². The van der Waals surface area contributed by atoms with Gasteiger partial charge in [-0.05, 0) is 48.0 Å². The fourth-order valence-corrected chi connectivity index (χ4v) is 4.35. The van der Waals surface area contributed by atoms with Crippen molar-refractivity contribution < 1.29 is 23.1 Å². The molecule has 6 nitrogen and oxygen atoms in total. The molecule has 156 valence electrons. The number of hydrogen-bond acceptors (Lipinski definition) is 4. The van der Waals surface area contributed by atoms with Crippen molar-refractivity contribution in [1.29, 1.82) is 0 Å². The molecule has 0 aliphatic carbocycles. The Morgan fingerprint density at radius 3 is 2.23 bits per heavy atom. The minimum atomic E-state index is -4.04. The zero-order valence-corrected chi connectivity index (χ0v) is 17.7. The number of carboxylic acid groups (broad SMARTS) is 1. The molecule has 0 aliphatic rings. The third-order valence-electron chi connectivity index (χ3n) is 4.57. The van der Waals surface area contributed by atoms with Crippen LogP contribution < -0.4 is 4.74 Å². The Balaban J connectivity index is 1.89. The SMILES string of the molecule is CN(C(Cc1ccccc1Oc1ccccc1)C(=O)O)S(=O)(=O)c1ccc(Cl)cc1. The number of benzene rings is 3. The predicted molar refractivity (Wildman–Crippen MR) is 114 cm³/mol. The number of carboxylic acids is 1. The predicted octanol–water partition coefficient (Wildman–Crippen LogP) is 4.45. The monoisotopic (exact) mass is 445 g/mol. The maximum absolute atomic E-state index is 12.9. The average molecular weight is 446 g/mol. The van der Waals surface area contributed by atoms with Crippen LogP contribution in [0, 0.1) is 0 Å². The van der Waals surface area contributed by atoms with Gasteiger partial charge in [-0.2, -0.15) is 4.31 Å². The van der Waals surface area contributed by atoms with Crippen molar-refractivity contribution in [2.24, 2.45) is 0 Å². The smallest absolute Gasteiger partial charge is 0.322 e. The van der Waals surface area contributed by atoms with Gasteiger partial charge in [0.1, 0.15) is 17.5 Å². The fourth-order valence-electron chi connectivity index (χ4n) is 2.91. The lowest BCUT2D eigenvalue weighted by Gasteiger charge is -2.25. The zero-order valence-electron chi connectivity index (χ0n) is 16.1. The molecule has 30 heavy (non-hydrogen) atoms. The van der Waals surface area contributed by atoms with Crippen molar-refractivity contribution in [2.45, 2.75) is 17.4 Å². The number of carbonyl (C=O) groups is 1. The van der Waals surface area contributed by atoms with E-state index in [4.69, 9.17) is 16.3 Å². The molecule has 0 saturated heterocycles. The first kappa shape index (κ1) is 21.8. The first-order valence-corrected chi connectivity index (χ1v) is 10.9. The Morgan fingerprint density at radius 1 is 1.00 bits per heavy atom. The summed E-state index contributed by atoms with van der Waals surface area (Å²) in [4.78, 5) is 11.9. The molecular formula is C22H20ClNO5S. The second-order valence-corrected chi connectivity index (χ2v) is 8.99. The molecule has 0 amide bonds. The number of nitrogens with zero attached hydrogens (tertiary/aromatic N) is 1. The molecule has 0 heterocycles. The third-order valence-corrected chi connectivity index (χ3v) is 6.70. The van der Waals surface area contributed by atoms with Gasteiger partial charge in [0.25, 0.3) is 0 Å². The van der Waals surface area contributed by atoms with Crippen LogP contribution in [0.25, 0.3) is 0 Å². The number of para-hydroxylation sites is 2. The maximum Gasteiger partial charge on any atom is 0.322 e. The summed E-state index contributed by atoms with van der Waals surface area (Å²) in [5, 5.41) is 10.2. The van der Waals surface area contributed by atoms with Gasteiger partial charge in [0.2, 0.25) is 10.0 Å². The summed E-state index contributed by atoms with van der Waals surface area (Å²) in [6.07, 6.45) is -0.0678. The van der Waals surface area contributed by atoms with Gasteiger partial charge >= 0.3 is 5.97 Å². The van der Waals surface area contributed by atoms with Crippen molar-refractivity contribution in [2.75, 3.05) is 7.05 Å². The van der Waals surface area contributed by atoms with Crippen LogP contribution >= 0.6 is 11.6 Å². The second kappa shape index (κ2) is 9.30. The van der Waals surface area contributed by atoms with E-state index < -0.39 is 22.0 Å². The molecule has 3 rings (SSSR count). The normalized spacial score (nSPS) is 12.5. The highest BCUT2D eigenvalue weighted by atomic mass is 35.5. The van der Waals surface area contributed by atoms with Crippen LogP contribution in [0.4, 0.5) is 0 Å². The largest absolute Gasteiger partial charge is 0.480 e. The molecule has 1 unspecified atom stereocenters. The molecule has 0 saturated carbocycles.